The van der Waals surface area contributed by atoms with Gasteiger partial charge in [-0.2, -0.15) is 0 Å². The highest BCUT2D eigenvalue weighted by atomic mass is 16.6. The molecule has 3 N–H and O–H groups in total. The lowest BCUT2D eigenvalue weighted by Crippen LogP contribution is -2.32. The van der Waals surface area contributed by atoms with Crippen molar-refractivity contribution in [3.05, 3.63) is 37.9 Å². The van der Waals surface area contributed by atoms with Gasteiger partial charge in [0.05, 0.1) is 17.0 Å². The molecule has 0 aromatic heterocycles. The fourth-order valence-corrected chi connectivity index (χ4v) is 1.59. The van der Waals surface area contributed by atoms with Gasteiger partial charge in [0.1, 0.15) is 6.04 Å². The predicted molar refractivity (Wildman–Crippen MR) is 65.6 cm³/mol. The van der Waals surface area contributed by atoms with Crippen LogP contribution >= 0.6 is 0 Å². The van der Waals surface area contributed by atoms with E-state index in [1.54, 1.807) is 0 Å². The van der Waals surface area contributed by atoms with Crippen molar-refractivity contribution in [1.82, 2.24) is 0 Å². The van der Waals surface area contributed by atoms with Crippen LogP contribution in [0, 0.1) is 20.2 Å². The maximum absolute atomic E-state index is 10.9. The number of carbonyl (C=O) groups is 1. The first-order valence-electron chi connectivity index (χ1n) is 5.26. The molecule has 0 saturated carbocycles. The molecule has 10 nitrogen and oxygen atoms in total. The van der Waals surface area contributed by atoms with E-state index in [1.165, 1.54) is 0 Å². The zero-order valence-corrected chi connectivity index (χ0v) is 10.3. The van der Waals surface area contributed by atoms with Crippen molar-refractivity contribution in [2.75, 3.05) is 7.11 Å². The Morgan fingerprint density at radius 2 is 1.80 bits per heavy atom. The zero-order valence-electron chi connectivity index (χ0n) is 10.3. The van der Waals surface area contributed by atoms with Crippen LogP contribution in [0.4, 0.5) is 11.4 Å². The number of aliphatic carboxylic acids is 1. The van der Waals surface area contributed by atoms with E-state index in [4.69, 9.17) is 10.8 Å². The van der Waals surface area contributed by atoms with E-state index in [0.29, 0.717) is 0 Å². The number of methoxy groups -OCH3 is 1. The maximum Gasteiger partial charge on any atom is 0.320 e. The van der Waals surface area contributed by atoms with E-state index < -0.39 is 39.0 Å². The Morgan fingerprint density at radius 3 is 2.10 bits per heavy atom. The minimum Gasteiger partial charge on any atom is -0.485 e. The summed E-state index contributed by atoms with van der Waals surface area (Å²) in [6.45, 7) is 0. The first-order valence-corrected chi connectivity index (χ1v) is 5.26. The number of benzene rings is 1. The van der Waals surface area contributed by atoms with Crippen molar-refractivity contribution in [3.8, 4) is 5.75 Å². The van der Waals surface area contributed by atoms with Crippen molar-refractivity contribution in [2.24, 2.45) is 5.73 Å². The third-order valence-corrected chi connectivity index (χ3v) is 2.48. The number of ether oxygens (including phenoxy) is 1. The molecule has 1 aromatic rings. The molecule has 0 saturated heterocycles. The van der Waals surface area contributed by atoms with Gasteiger partial charge in [0.2, 0.25) is 0 Å². The molecule has 20 heavy (non-hydrogen) atoms. The van der Waals surface area contributed by atoms with Gasteiger partial charge in [-0.3, -0.25) is 25.0 Å². The van der Waals surface area contributed by atoms with Gasteiger partial charge in [0, 0.05) is 12.1 Å². The number of carboxylic acids is 1. The van der Waals surface area contributed by atoms with Gasteiger partial charge in [0.15, 0.2) is 0 Å². The molecule has 1 aromatic carbocycles. The molecule has 0 aliphatic rings. The molecule has 0 fully saturated rings. The molecular weight excluding hydrogens is 274 g/mol. The fraction of sp³-hybridized carbons (Fsp3) is 0.300. The average molecular weight is 285 g/mol. The summed E-state index contributed by atoms with van der Waals surface area (Å²) in [7, 11) is 1.07. The highest BCUT2D eigenvalue weighted by molar-refractivity contribution is 5.74. The Morgan fingerprint density at radius 1 is 1.35 bits per heavy atom. The third-order valence-electron chi connectivity index (χ3n) is 2.48. The molecule has 0 amide bonds. The second-order valence-corrected chi connectivity index (χ2v) is 3.83. The van der Waals surface area contributed by atoms with Crippen LogP contribution in [0.1, 0.15) is 5.56 Å². The van der Waals surface area contributed by atoms with Crippen LogP contribution in [0.5, 0.6) is 5.75 Å². The zero-order chi connectivity index (χ0) is 15.4. The molecule has 1 atom stereocenters. The lowest BCUT2D eigenvalue weighted by molar-refractivity contribution is -0.395. The summed E-state index contributed by atoms with van der Waals surface area (Å²) < 4.78 is 4.68. The van der Waals surface area contributed by atoms with E-state index in [-0.39, 0.29) is 12.0 Å². The van der Waals surface area contributed by atoms with E-state index in [2.05, 4.69) is 4.74 Å². The van der Waals surface area contributed by atoms with Crippen LogP contribution in [0.2, 0.25) is 0 Å². The monoisotopic (exact) mass is 285 g/mol. The molecular formula is C10H11N3O7. The van der Waals surface area contributed by atoms with Gasteiger partial charge < -0.3 is 15.6 Å². The quantitative estimate of drug-likeness (QED) is 0.563. The fourth-order valence-electron chi connectivity index (χ4n) is 1.59. The molecule has 0 unspecified atom stereocenters. The molecule has 0 spiro atoms. The largest absolute Gasteiger partial charge is 0.485 e. The number of nitro benzene ring substituents is 2. The molecule has 0 aliphatic heterocycles. The first-order chi connectivity index (χ1) is 9.27. The van der Waals surface area contributed by atoms with Crippen LogP contribution in [-0.4, -0.2) is 34.1 Å². The molecule has 0 heterocycles. The van der Waals surface area contributed by atoms with Gasteiger partial charge in [-0.25, -0.2) is 0 Å². The third kappa shape index (κ3) is 3.17. The van der Waals surface area contributed by atoms with Crippen molar-refractivity contribution in [3.63, 3.8) is 0 Å². The summed E-state index contributed by atoms with van der Waals surface area (Å²) in [6, 6.07) is 0.700. The number of carboxylic acid groups (broad SMARTS) is 1. The van der Waals surface area contributed by atoms with Gasteiger partial charge in [0.25, 0.3) is 5.75 Å². The van der Waals surface area contributed by atoms with E-state index in [1.807, 2.05) is 0 Å². The van der Waals surface area contributed by atoms with Crippen LogP contribution in [0.3, 0.4) is 0 Å². The normalized spacial score (nSPS) is 11.7. The number of nitrogens with two attached hydrogens (primary N) is 1. The summed E-state index contributed by atoms with van der Waals surface area (Å²) >= 11 is 0. The number of hydrogen-bond donors (Lipinski definition) is 2. The summed E-state index contributed by atoms with van der Waals surface area (Å²) in [5, 5.41) is 30.4. The molecule has 10 heteroatoms. The Kier molecular flexibility index (Phi) is 4.54. The minimum absolute atomic E-state index is 0.0686. The summed E-state index contributed by atoms with van der Waals surface area (Å²) in [5.41, 5.74) is 4.14. The number of nitrogens with zero attached hydrogens (tertiary/aromatic N) is 2. The number of rotatable bonds is 6. The second-order valence-electron chi connectivity index (χ2n) is 3.83. The summed E-state index contributed by atoms with van der Waals surface area (Å²) in [6.07, 6.45) is -0.277. The smallest absolute Gasteiger partial charge is 0.320 e. The Bertz CT molecular complexity index is 537. The standard InChI is InChI=1S/C10H11N3O7/c1-20-9-7(12(16)17)3-5(2-6(11)10(14)15)4-8(9)13(18)19/h3-4,6H,2,11H2,1H3,(H,14,15)/t6-/m0/s1. The molecule has 1 rings (SSSR count). The number of hydrogen-bond acceptors (Lipinski definition) is 7. The molecule has 0 bridgehead atoms. The molecule has 0 aliphatic carbocycles. The SMILES string of the molecule is COc1c([N+](=O)[O-])cc(C[C@H](N)C(=O)O)cc1[N+](=O)[O-]. The van der Waals surface area contributed by atoms with Crippen molar-refractivity contribution in [1.29, 1.82) is 0 Å². The number of nitro groups is 2. The Labute approximate surface area is 112 Å². The lowest BCUT2D eigenvalue weighted by Gasteiger charge is -2.08. The van der Waals surface area contributed by atoms with Gasteiger partial charge in [-0.1, -0.05) is 0 Å². The highest BCUT2D eigenvalue weighted by Crippen LogP contribution is 2.37. The minimum atomic E-state index is -1.32. The van der Waals surface area contributed by atoms with Crippen molar-refractivity contribution in [2.45, 2.75) is 12.5 Å². The Hall–Kier alpha value is -2.75. The molecule has 0 radical (unpaired) electrons. The Balaban J connectivity index is 3.38. The summed E-state index contributed by atoms with van der Waals surface area (Å²) in [4.78, 5) is 30.7. The van der Waals surface area contributed by atoms with Crippen LogP contribution in [0.15, 0.2) is 12.1 Å². The van der Waals surface area contributed by atoms with Gasteiger partial charge in [-0.15, -0.1) is 0 Å². The van der Waals surface area contributed by atoms with Crippen LogP contribution < -0.4 is 10.5 Å². The second kappa shape index (κ2) is 5.93. The summed E-state index contributed by atoms with van der Waals surface area (Å²) in [5.74, 6) is -1.81. The van der Waals surface area contributed by atoms with E-state index in [9.17, 15) is 25.0 Å². The molecule has 108 valence electrons. The van der Waals surface area contributed by atoms with Crippen molar-refractivity contribution >= 4 is 17.3 Å². The highest BCUT2D eigenvalue weighted by Gasteiger charge is 2.28. The van der Waals surface area contributed by atoms with Gasteiger partial charge >= 0.3 is 17.3 Å². The van der Waals surface area contributed by atoms with Crippen LogP contribution in [-0.2, 0) is 11.2 Å². The van der Waals surface area contributed by atoms with Crippen LogP contribution in [0.25, 0.3) is 0 Å². The maximum atomic E-state index is 10.9. The van der Waals surface area contributed by atoms with Crippen molar-refractivity contribution < 1.29 is 24.5 Å². The average Bonchev–Trinajstić information content (AvgIpc) is 2.37. The van der Waals surface area contributed by atoms with E-state index in [0.717, 1.165) is 19.2 Å². The predicted octanol–water partition coefficient (Wildman–Crippen LogP) is 0.466. The van der Waals surface area contributed by atoms with Gasteiger partial charge in [-0.05, 0) is 12.0 Å². The van der Waals surface area contributed by atoms with E-state index >= 15 is 0 Å². The first kappa shape index (κ1) is 15.3. The lowest BCUT2D eigenvalue weighted by atomic mass is 10.0. The topological polar surface area (TPSA) is 159 Å².